The quantitative estimate of drug-likeness (QED) is 0.632. The first kappa shape index (κ1) is 19.0. The number of nitrogens with one attached hydrogen (secondary N) is 1. The third kappa shape index (κ3) is 4.33. The lowest BCUT2D eigenvalue weighted by Crippen LogP contribution is -2.35. The molecule has 8 heteroatoms. The summed E-state index contributed by atoms with van der Waals surface area (Å²) in [6.45, 7) is 5.81. The van der Waals surface area contributed by atoms with Gasteiger partial charge in [0.05, 0.1) is 29.7 Å². The van der Waals surface area contributed by atoms with Crippen molar-refractivity contribution in [2.24, 2.45) is 5.73 Å². The van der Waals surface area contributed by atoms with E-state index >= 15 is 0 Å². The lowest BCUT2D eigenvalue weighted by atomic mass is 10.1. The van der Waals surface area contributed by atoms with Gasteiger partial charge in [0.25, 0.3) is 0 Å². The maximum atomic E-state index is 13.9. The molecule has 3 aromatic rings. The van der Waals surface area contributed by atoms with E-state index in [0.29, 0.717) is 18.1 Å². The second-order valence-electron chi connectivity index (χ2n) is 6.58. The molecule has 0 aliphatic rings. The highest BCUT2D eigenvalue weighted by Crippen LogP contribution is 2.23. The summed E-state index contributed by atoms with van der Waals surface area (Å²) in [5.41, 5.74) is 7.70. The predicted octanol–water partition coefficient (Wildman–Crippen LogP) is 3.07. The zero-order valence-corrected chi connectivity index (χ0v) is 15.8. The number of fused-ring (bicyclic) bond motifs is 1. The van der Waals surface area contributed by atoms with E-state index in [1.54, 1.807) is 18.5 Å². The summed E-state index contributed by atoms with van der Waals surface area (Å²) >= 11 is 0. The van der Waals surface area contributed by atoms with Crippen molar-refractivity contribution in [2.45, 2.75) is 45.5 Å². The Morgan fingerprint density at radius 2 is 2.11 bits per heavy atom. The number of halogens is 1. The molecule has 27 heavy (non-hydrogen) atoms. The molecular formula is C19H25FN6O. The van der Waals surface area contributed by atoms with E-state index in [1.807, 2.05) is 43.5 Å². The van der Waals surface area contributed by atoms with Crippen molar-refractivity contribution in [1.82, 2.24) is 19.4 Å². The Morgan fingerprint density at radius 1 is 1.30 bits per heavy atom. The first-order valence-electron chi connectivity index (χ1n) is 9.09. The van der Waals surface area contributed by atoms with Crippen LogP contribution < -0.4 is 15.8 Å². The average molecular weight is 372 g/mol. The Hall–Kier alpha value is -2.74. The van der Waals surface area contributed by atoms with Gasteiger partial charge in [-0.2, -0.15) is 0 Å². The zero-order chi connectivity index (χ0) is 19.4. The van der Waals surface area contributed by atoms with Crippen LogP contribution in [0.5, 0.6) is 5.75 Å². The molecular weight excluding hydrogens is 347 g/mol. The van der Waals surface area contributed by atoms with E-state index in [-0.39, 0.29) is 12.6 Å². The van der Waals surface area contributed by atoms with Crippen LogP contribution in [0.4, 0.5) is 10.3 Å². The van der Waals surface area contributed by atoms with Crippen LogP contribution >= 0.6 is 0 Å². The molecule has 7 nitrogen and oxygen atoms in total. The molecule has 0 aliphatic carbocycles. The molecule has 0 aliphatic heterocycles. The summed E-state index contributed by atoms with van der Waals surface area (Å²) in [5.74, 6) is 1.13. The van der Waals surface area contributed by atoms with Crippen LogP contribution in [0, 0.1) is 0 Å². The molecule has 3 heterocycles. The second kappa shape index (κ2) is 8.30. The summed E-state index contributed by atoms with van der Waals surface area (Å²) in [6.07, 6.45) is 4.80. The number of nitrogens with zero attached hydrogens (tertiary/aromatic N) is 4. The summed E-state index contributed by atoms with van der Waals surface area (Å²) in [6, 6.07) is 5.14. The van der Waals surface area contributed by atoms with E-state index in [1.165, 1.54) is 0 Å². The minimum atomic E-state index is -1.16. The maximum absolute atomic E-state index is 13.9. The number of rotatable bonds is 8. The smallest absolute Gasteiger partial charge is 0.223 e. The standard InChI is InChI=1S/C19H25FN6O/c1-4-15(14(20)10-21)24-19-22-7-5-16(25-19)17-11-23-18-9-13(27-12(2)3)6-8-26(17)18/h5-9,11-12,14-15H,4,10,21H2,1-3H3,(H,22,24,25)/t14-,15-/m0/s1. The Morgan fingerprint density at radius 3 is 2.81 bits per heavy atom. The van der Waals surface area contributed by atoms with E-state index in [4.69, 9.17) is 10.5 Å². The van der Waals surface area contributed by atoms with Crippen molar-refractivity contribution < 1.29 is 9.13 Å². The topological polar surface area (TPSA) is 90.4 Å². The highest BCUT2D eigenvalue weighted by molar-refractivity contribution is 5.61. The summed E-state index contributed by atoms with van der Waals surface area (Å²) in [5, 5.41) is 3.03. The molecule has 3 rings (SSSR count). The lowest BCUT2D eigenvalue weighted by molar-refractivity contribution is 0.242. The van der Waals surface area contributed by atoms with Crippen molar-refractivity contribution in [3.63, 3.8) is 0 Å². The monoisotopic (exact) mass is 372 g/mol. The third-order valence-corrected chi connectivity index (χ3v) is 4.19. The van der Waals surface area contributed by atoms with Crippen LogP contribution in [-0.2, 0) is 0 Å². The van der Waals surface area contributed by atoms with E-state index in [9.17, 15) is 4.39 Å². The Labute approximate surface area is 157 Å². The van der Waals surface area contributed by atoms with Gasteiger partial charge in [-0.05, 0) is 32.4 Å². The molecule has 2 atom stereocenters. The van der Waals surface area contributed by atoms with Crippen molar-refractivity contribution >= 4 is 11.6 Å². The van der Waals surface area contributed by atoms with Gasteiger partial charge >= 0.3 is 0 Å². The summed E-state index contributed by atoms with van der Waals surface area (Å²) < 4.78 is 21.6. The number of nitrogens with two attached hydrogens (primary N) is 1. The SMILES string of the molecule is CC[C@H](Nc1nccc(-c2cnc3cc(OC(C)C)ccn23)n1)[C@@H](F)CN. The fraction of sp³-hybridized carbons (Fsp3) is 0.421. The Balaban J connectivity index is 1.88. The van der Waals surface area contributed by atoms with E-state index < -0.39 is 12.2 Å². The van der Waals surface area contributed by atoms with Gasteiger partial charge in [0.15, 0.2) is 0 Å². The lowest BCUT2D eigenvalue weighted by Gasteiger charge is -2.19. The Bertz CT molecular complexity index is 897. The summed E-state index contributed by atoms with van der Waals surface area (Å²) in [4.78, 5) is 13.2. The predicted molar refractivity (Wildman–Crippen MR) is 104 cm³/mol. The molecule has 3 N–H and O–H groups in total. The van der Waals surface area contributed by atoms with Gasteiger partial charge in [-0.1, -0.05) is 6.92 Å². The molecule has 0 aromatic carbocycles. The molecule has 0 spiro atoms. The first-order valence-corrected chi connectivity index (χ1v) is 9.09. The molecule has 0 unspecified atom stereocenters. The highest BCUT2D eigenvalue weighted by atomic mass is 19.1. The van der Waals surface area contributed by atoms with Crippen LogP contribution in [-0.4, -0.2) is 44.2 Å². The van der Waals surface area contributed by atoms with Gasteiger partial charge in [0, 0.05) is 25.0 Å². The van der Waals surface area contributed by atoms with Crippen LogP contribution in [0.3, 0.4) is 0 Å². The molecule has 0 fully saturated rings. The van der Waals surface area contributed by atoms with E-state index in [0.717, 1.165) is 17.1 Å². The number of hydrogen-bond acceptors (Lipinski definition) is 6. The molecule has 0 saturated carbocycles. The number of imidazole rings is 1. The molecule has 0 amide bonds. The molecule has 0 saturated heterocycles. The number of pyridine rings is 1. The van der Waals surface area contributed by atoms with Crippen LogP contribution in [0.25, 0.3) is 17.0 Å². The maximum Gasteiger partial charge on any atom is 0.223 e. The highest BCUT2D eigenvalue weighted by Gasteiger charge is 2.19. The minimum Gasteiger partial charge on any atom is -0.491 e. The van der Waals surface area contributed by atoms with Gasteiger partial charge in [0.2, 0.25) is 5.95 Å². The van der Waals surface area contributed by atoms with Gasteiger partial charge in [0.1, 0.15) is 17.6 Å². The van der Waals surface area contributed by atoms with Crippen LogP contribution in [0.2, 0.25) is 0 Å². The van der Waals surface area contributed by atoms with Crippen molar-refractivity contribution in [2.75, 3.05) is 11.9 Å². The van der Waals surface area contributed by atoms with Gasteiger partial charge in [-0.15, -0.1) is 0 Å². The fourth-order valence-electron chi connectivity index (χ4n) is 2.85. The van der Waals surface area contributed by atoms with Crippen molar-refractivity contribution in [3.8, 4) is 17.1 Å². The molecule has 0 radical (unpaired) electrons. The molecule has 3 aromatic heterocycles. The number of aromatic nitrogens is 4. The number of hydrogen-bond donors (Lipinski definition) is 2. The number of alkyl halides is 1. The zero-order valence-electron chi connectivity index (χ0n) is 15.8. The van der Waals surface area contributed by atoms with Gasteiger partial charge in [-0.25, -0.2) is 19.3 Å². The molecule has 0 bridgehead atoms. The van der Waals surface area contributed by atoms with Gasteiger partial charge in [-0.3, -0.25) is 4.40 Å². The van der Waals surface area contributed by atoms with Crippen LogP contribution in [0.1, 0.15) is 27.2 Å². The van der Waals surface area contributed by atoms with E-state index in [2.05, 4.69) is 20.3 Å². The van der Waals surface area contributed by atoms with Crippen molar-refractivity contribution in [3.05, 3.63) is 36.8 Å². The number of anilines is 1. The van der Waals surface area contributed by atoms with Crippen molar-refractivity contribution in [1.29, 1.82) is 0 Å². The minimum absolute atomic E-state index is 0.0424. The van der Waals surface area contributed by atoms with Gasteiger partial charge < -0.3 is 15.8 Å². The average Bonchev–Trinajstić information content (AvgIpc) is 3.08. The third-order valence-electron chi connectivity index (χ3n) is 4.19. The second-order valence-corrected chi connectivity index (χ2v) is 6.58. The largest absolute Gasteiger partial charge is 0.491 e. The number of ether oxygens (including phenoxy) is 1. The summed E-state index contributed by atoms with van der Waals surface area (Å²) in [7, 11) is 0. The normalized spacial score (nSPS) is 13.7. The molecule has 144 valence electrons. The first-order chi connectivity index (χ1) is 13.0. The van der Waals surface area contributed by atoms with Crippen LogP contribution in [0.15, 0.2) is 36.8 Å². The fourth-order valence-corrected chi connectivity index (χ4v) is 2.85. The Kier molecular flexibility index (Phi) is 5.85.